The van der Waals surface area contributed by atoms with Crippen LogP contribution in [-0.2, 0) is 24.3 Å². The summed E-state index contributed by atoms with van der Waals surface area (Å²) in [6.07, 6.45) is 0.329. The monoisotopic (exact) mass is 342 g/mol. The van der Waals surface area contributed by atoms with Crippen LogP contribution in [0.4, 0.5) is 5.69 Å². The Balaban J connectivity index is 2.95. The van der Waals surface area contributed by atoms with Gasteiger partial charge in [-0.3, -0.25) is 9.59 Å². The van der Waals surface area contributed by atoms with Gasteiger partial charge in [0.2, 0.25) is 15.9 Å². The van der Waals surface area contributed by atoms with Crippen molar-refractivity contribution < 1.29 is 22.7 Å². The second kappa shape index (κ2) is 8.07. The van der Waals surface area contributed by atoms with E-state index in [1.165, 1.54) is 38.3 Å². The lowest BCUT2D eigenvalue weighted by atomic mass is 10.1. The van der Waals surface area contributed by atoms with Crippen LogP contribution in [0.15, 0.2) is 29.2 Å². The quantitative estimate of drug-likeness (QED) is 0.731. The number of methoxy groups -OCH3 is 1. The normalized spacial score (nSPS) is 12.7. The first-order chi connectivity index (χ1) is 10.7. The number of hydrogen-bond donors (Lipinski definition) is 2. The molecule has 1 rings (SSSR count). The van der Waals surface area contributed by atoms with Crippen molar-refractivity contribution in [3.8, 4) is 0 Å². The van der Waals surface area contributed by atoms with Crippen molar-refractivity contribution in [1.82, 2.24) is 4.72 Å². The third kappa shape index (κ3) is 5.99. The maximum atomic E-state index is 12.4. The van der Waals surface area contributed by atoms with E-state index in [4.69, 9.17) is 0 Å². The molecule has 23 heavy (non-hydrogen) atoms. The summed E-state index contributed by atoms with van der Waals surface area (Å²) in [6, 6.07) is 4.73. The number of benzene rings is 1. The van der Waals surface area contributed by atoms with Crippen molar-refractivity contribution >= 4 is 27.6 Å². The zero-order chi connectivity index (χ0) is 17.6. The van der Waals surface area contributed by atoms with Crippen LogP contribution in [0.25, 0.3) is 0 Å². The Hall–Kier alpha value is -1.93. The second-order valence-corrected chi connectivity index (χ2v) is 7.25. The number of carbonyl (C=O) groups is 2. The smallest absolute Gasteiger partial charge is 0.323 e. The average Bonchev–Trinajstić information content (AvgIpc) is 2.45. The van der Waals surface area contributed by atoms with Crippen LogP contribution in [0, 0.1) is 5.92 Å². The molecule has 0 unspecified atom stereocenters. The van der Waals surface area contributed by atoms with Crippen molar-refractivity contribution in [1.29, 1.82) is 0 Å². The summed E-state index contributed by atoms with van der Waals surface area (Å²) in [4.78, 5) is 22.7. The van der Waals surface area contributed by atoms with Gasteiger partial charge in [0, 0.05) is 12.6 Å². The lowest BCUT2D eigenvalue weighted by Gasteiger charge is -2.18. The standard InChI is InChI=1S/C15H22N2O5S/c1-10(2)9-14(15(19)22-4)17-23(20,21)13-7-5-12(6-8-13)16-11(3)18/h5-8,10,14,17H,9H2,1-4H3,(H,16,18)/t14-/m0/s1. The molecule has 0 heterocycles. The van der Waals surface area contributed by atoms with Gasteiger partial charge in [0.1, 0.15) is 6.04 Å². The Morgan fingerprint density at radius 2 is 1.74 bits per heavy atom. The molecule has 0 bridgehead atoms. The molecule has 0 aliphatic carbocycles. The zero-order valence-corrected chi connectivity index (χ0v) is 14.4. The number of ether oxygens (including phenoxy) is 1. The molecule has 0 aromatic heterocycles. The van der Waals surface area contributed by atoms with Crippen LogP contribution in [-0.4, -0.2) is 33.4 Å². The van der Waals surface area contributed by atoms with Crippen molar-refractivity contribution in [3.63, 3.8) is 0 Å². The number of rotatable bonds is 7. The summed E-state index contributed by atoms with van der Waals surface area (Å²) in [5.41, 5.74) is 0.489. The number of nitrogens with one attached hydrogen (secondary N) is 2. The summed E-state index contributed by atoms with van der Waals surface area (Å²) in [5.74, 6) is -0.762. The van der Waals surface area contributed by atoms with Gasteiger partial charge in [-0.05, 0) is 36.6 Å². The van der Waals surface area contributed by atoms with Crippen LogP contribution in [0.3, 0.4) is 0 Å². The molecule has 7 nitrogen and oxygen atoms in total. The Bertz CT molecular complexity index is 653. The van der Waals surface area contributed by atoms with Gasteiger partial charge in [-0.15, -0.1) is 0 Å². The van der Waals surface area contributed by atoms with Gasteiger partial charge in [-0.1, -0.05) is 13.8 Å². The van der Waals surface area contributed by atoms with Crippen LogP contribution >= 0.6 is 0 Å². The fraction of sp³-hybridized carbons (Fsp3) is 0.467. The third-order valence-corrected chi connectivity index (χ3v) is 4.46. The summed E-state index contributed by atoms with van der Waals surface area (Å²) in [7, 11) is -2.65. The van der Waals surface area contributed by atoms with Crippen LogP contribution in [0.1, 0.15) is 27.2 Å². The van der Waals surface area contributed by atoms with Gasteiger partial charge in [0.05, 0.1) is 12.0 Å². The van der Waals surface area contributed by atoms with Crippen LogP contribution in [0.2, 0.25) is 0 Å². The number of sulfonamides is 1. The molecule has 1 aromatic rings. The number of carbonyl (C=O) groups excluding carboxylic acids is 2. The minimum Gasteiger partial charge on any atom is -0.468 e. The van der Waals surface area contributed by atoms with E-state index in [0.717, 1.165) is 0 Å². The Labute approximate surface area is 136 Å². The van der Waals surface area contributed by atoms with Crippen LogP contribution in [0.5, 0.6) is 0 Å². The average molecular weight is 342 g/mol. The molecular weight excluding hydrogens is 320 g/mol. The molecule has 0 spiro atoms. The summed E-state index contributed by atoms with van der Waals surface area (Å²) in [5, 5.41) is 2.55. The fourth-order valence-electron chi connectivity index (χ4n) is 1.98. The largest absolute Gasteiger partial charge is 0.468 e. The van der Waals surface area contributed by atoms with Crippen LogP contribution < -0.4 is 10.0 Å². The van der Waals surface area contributed by atoms with E-state index in [0.29, 0.717) is 12.1 Å². The topological polar surface area (TPSA) is 102 Å². The highest BCUT2D eigenvalue weighted by molar-refractivity contribution is 7.89. The number of anilines is 1. The predicted molar refractivity (Wildman–Crippen MR) is 86.3 cm³/mol. The summed E-state index contributed by atoms with van der Waals surface area (Å²) >= 11 is 0. The maximum Gasteiger partial charge on any atom is 0.323 e. The minimum atomic E-state index is -3.87. The SMILES string of the molecule is COC(=O)[C@H](CC(C)C)NS(=O)(=O)c1ccc(NC(C)=O)cc1. The Kier molecular flexibility index (Phi) is 6.71. The van der Waals surface area contributed by atoms with Gasteiger partial charge < -0.3 is 10.1 Å². The predicted octanol–water partition coefficient (Wildman–Crippen LogP) is 1.51. The zero-order valence-electron chi connectivity index (χ0n) is 13.6. The van der Waals surface area contributed by atoms with E-state index < -0.39 is 22.0 Å². The van der Waals surface area contributed by atoms with Gasteiger partial charge in [0.15, 0.2) is 0 Å². The lowest BCUT2D eigenvalue weighted by molar-refractivity contribution is -0.143. The molecule has 1 atom stereocenters. The molecular formula is C15H22N2O5S. The fourth-order valence-corrected chi connectivity index (χ4v) is 3.18. The molecule has 0 radical (unpaired) electrons. The van der Waals surface area contributed by atoms with E-state index in [9.17, 15) is 18.0 Å². The molecule has 2 N–H and O–H groups in total. The van der Waals surface area contributed by atoms with Gasteiger partial charge in [-0.2, -0.15) is 4.72 Å². The first-order valence-corrected chi connectivity index (χ1v) is 8.62. The molecule has 0 aliphatic rings. The highest BCUT2D eigenvalue weighted by Gasteiger charge is 2.27. The van der Waals surface area contributed by atoms with Gasteiger partial charge >= 0.3 is 5.97 Å². The third-order valence-electron chi connectivity index (χ3n) is 2.98. The first kappa shape index (κ1) is 19.1. The Morgan fingerprint density at radius 1 is 1.17 bits per heavy atom. The van der Waals surface area contributed by atoms with Gasteiger partial charge in [0.25, 0.3) is 0 Å². The van der Waals surface area contributed by atoms with Gasteiger partial charge in [-0.25, -0.2) is 8.42 Å². The van der Waals surface area contributed by atoms with Crippen molar-refractivity contribution in [2.24, 2.45) is 5.92 Å². The van der Waals surface area contributed by atoms with E-state index >= 15 is 0 Å². The highest BCUT2D eigenvalue weighted by atomic mass is 32.2. The molecule has 128 valence electrons. The first-order valence-electron chi connectivity index (χ1n) is 7.13. The molecule has 0 fully saturated rings. The van der Waals surface area contributed by atoms with E-state index in [1.54, 1.807) is 0 Å². The summed E-state index contributed by atoms with van der Waals surface area (Å²) < 4.78 is 31.8. The molecule has 1 amide bonds. The van der Waals surface area contributed by atoms with E-state index in [2.05, 4.69) is 14.8 Å². The molecule has 0 saturated carbocycles. The van der Waals surface area contributed by atoms with Crippen molar-refractivity contribution in [3.05, 3.63) is 24.3 Å². The molecule has 0 aliphatic heterocycles. The lowest BCUT2D eigenvalue weighted by Crippen LogP contribution is -2.42. The highest BCUT2D eigenvalue weighted by Crippen LogP contribution is 2.16. The molecule has 1 aromatic carbocycles. The number of esters is 1. The molecule has 0 saturated heterocycles. The molecule has 8 heteroatoms. The van der Waals surface area contributed by atoms with E-state index in [1.807, 2.05) is 13.8 Å². The number of hydrogen-bond acceptors (Lipinski definition) is 5. The van der Waals surface area contributed by atoms with Crippen molar-refractivity contribution in [2.45, 2.75) is 38.1 Å². The maximum absolute atomic E-state index is 12.4. The van der Waals surface area contributed by atoms with Crippen molar-refractivity contribution in [2.75, 3.05) is 12.4 Å². The number of amides is 1. The summed E-state index contributed by atoms with van der Waals surface area (Å²) in [6.45, 7) is 5.12. The minimum absolute atomic E-state index is 0.00395. The van der Waals surface area contributed by atoms with E-state index in [-0.39, 0.29) is 16.7 Å². The Morgan fingerprint density at radius 3 is 2.17 bits per heavy atom. The second-order valence-electron chi connectivity index (χ2n) is 5.53.